The summed E-state index contributed by atoms with van der Waals surface area (Å²) in [6, 6.07) is 10.7. The van der Waals surface area contributed by atoms with Gasteiger partial charge in [-0.05, 0) is 30.3 Å². The number of carbonyl (C=O) groups excluding carboxylic acids is 3. The highest BCUT2D eigenvalue weighted by Gasteiger charge is 2.37. The molecule has 1 atom stereocenters. The predicted molar refractivity (Wildman–Crippen MR) is 108 cm³/mol. The zero-order valence-electron chi connectivity index (χ0n) is 17.0. The first-order valence-electron chi connectivity index (χ1n) is 10.1. The van der Waals surface area contributed by atoms with Gasteiger partial charge in [-0.1, -0.05) is 6.07 Å². The van der Waals surface area contributed by atoms with E-state index >= 15 is 0 Å². The van der Waals surface area contributed by atoms with Crippen molar-refractivity contribution in [2.24, 2.45) is 5.92 Å². The van der Waals surface area contributed by atoms with Crippen LogP contribution in [0.2, 0.25) is 0 Å². The lowest BCUT2D eigenvalue weighted by Crippen LogP contribution is -2.52. The van der Waals surface area contributed by atoms with E-state index < -0.39 is 0 Å². The molecule has 2 fully saturated rings. The van der Waals surface area contributed by atoms with Crippen LogP contribution in [0.15, 0.2) is 47.1 Å². The van der Waals surface area contributed by atoms with Gasteiger partial charge in [-0.25, -0.2) is 0 Å². The highest BCUT2D eigenvalue weighted by Crippen LogP contribution is 2.23. The molecule has 2 aromatic rings. The van der Waals surface area contributed by atoms with Gasteiger partial charge in [-0.2, -0.15) is 0 Å². The van der Waals surface area contributed by atoms with E-state index in [0.717, 1.165) is 0 Å². The molecule has 2 saturated heterocycles. The number of nitrogens with zero attached hydrogens (tertiary/aromatic N) is 3. The standard InChI is InChI=1S/C22H25N3O5/c1-29-18-5-2-4-16(12-18)21(27)23-7-9-24(10-8-23)22(28)17-13-20(26)25(14-17)15-19-6-3-11-30-19/h2-6,11-12,17H,7-10,13-15H2,1H3/t17-/m0/s1. The number of hydrogen-bond donors (Lipinski definition) is 0. The van der Waals surface area contributed by atoms with E-state index in [4.69, 9.17) is 9.15 Å². The number of likely N-dealkylation sites (tertiary alicyclic amines) is 1. The van der Waals surface area contributed by atoms with Crippen molar-refractivity contribution >= 4 is 17.7 Å². The maximum atomic E-state index is 12.9. The number of piperazine rings is 1. The predicted octanol–water partition coefficient (Wildman–Crippen LogP) is 1.62. The first-order chi connectivity index (χ1) is 14.5. The maximum Gasteiger partial charge on any atom is 0.254 e. The quantitative estimate of drug-likeness (QED) is 0.747. The average Bonchev–Trinajstić information content (AvgIpc) is 3.43. The van der Waals surface area contributed by atoms with Crippen LogP contribution in [-0.2, 0) is 16.1 Å². The molecule has 0 bridgehead atoms. The summed E-state index contributed by atoms with van der Waals surface area (Å²) < 4.78 is 10.5. The van der Waals surface area contributed by atoms with Crippen LogP contribution in [0.5, 0.6) is 5.75 Å². The molecule has 3 amide bonds. The Kier molecular flexibility index (Phi) is 5.74. The average molecular weight is 411 g/mol. The van der Waals surface area contributed by atoms with Gasteiger partial charge < -0.3 is 23.9 Å². The molecule has 158 valence electrons. The van der Waals surface area contributed by atoms with Crippen molar-refractivity contribution in [2.75, 3.05) is 39.8 Å². The molecule has 4 rings (SSSR count). The first kappa shape index (κ1) is 20.0. The zero-order valence-corrected chi connectivity index (χ0v) is 17.0. The van der Waals surface area contributed by atoms with Crippen molar-refractivity contribution < 1.29 is 23.5 Å². The lowest BCUT2D eigenvalue weighted by atomic mass is 10.1. The van der Waals surface area contributed by atoms with E-state index in [2.05, 4.69) is 0 Å². The Morgan fingerprint density at radius 2 is 1.87 bits per heavy atom. The van der Waals surface area contributed by atoms with Gasteiger partial charge in [0.1, 0.15) is 11.5 Å². The minimum absolute atomic E-state index is 0.0150. The molecule has 0 unspecified atom stereocenters. The number of methoxy groups -OCH3 is 1. The van der Waals surface area contributed by atoms with Crippen molar-refractivity contribution in [2.45, 2.75) is 13.0 Å². The Balaban J connectivity index is 1.31. The fourth-order valence-corrected chi connectivity index (χ4v) is 4.01. The highest BCUT2D eigenvalue weighted by atomic mass is 16.5. The third-order valence-electron chi connectivity index (χ3n) is 5.69. The fraction of sp³-hybridized carbons (Fsp3) is 0.409. The number of rotatable bonds is 5. The normalized spacial score (nSPS) is 19.3. The van der Waals surface area contributed by atoms with E-state index in [-0.39, 0.29) is 30.1 Å². The van der Waals surface area contributed by atoms with Crippen molar-refractivity contribution in [3.8, 4) is 5.75 Å². The Morgan fingerprint density at radius 3 is 2.57 bits per heavy atom. The summed E-state index contributed by atoms with van der Waals surface area (Å²) >= 11 is 0. The van der Waals surface area contributed by atoms with Crippen LogP contribution in [0, 0.1) is 5.92 Å². The van der Waals surface area contributed by atoms with Crippen LogP contribution >= 0.6 is 0 Å². The van der Waals surface area contributed by atoms with E-state index in [1.165, 1.54) is 0 Å². The molecular formula is C22H25N3O5. The van der Waals surface area contributed by atoms with E-state index in [0.29, 0.717) is 56.3 Å². The Bertz CT molecular complexity index is 919. The number of benzene rings is 1. The molecule has 0 radical (unpaired) electrons. The van der Waals surface area contributed by atoms with Crippen molar-refractivity contribution in [3.05, 3.63) is 54.0 Å². The van der Waals surface area contributed by atoms with Crippen LogP contribution in [0.4, 0.5) is 0 Å². The molecule has 0 aliphatic carbocycles. The highest BCUT2D eigenvalue weighted by molar-refractivity contribution is 5.95. The third-order valence-corrected chi connectivity index (χ3v) is 5.69. The van der Waals surface area contributed by atoms with Crippen molar-refractivity contribution in [3.63, 3.8) is 0 Å². The lowest BCUT2D eigenvalue weighted by Gasteiger charge is -2.36. The van der Waals surface area contributed by atoms with E-state index in [1.807, 2.05) is 6.07 Å². The summed E-state index contributed by atoms with van der Waals surface area (Å²) in [5.74, 6) is 0.894. The summed E-state index contributed by atoms with van der Waals surface area (Å²) in [6.45, 7) is 2.67. The van der Waals surface area contributed by atoms with Crippen molar-refractivity contribution in [1.29, 1.82) is 0 Å². The largest absolute Gasteiger partial charge is 0.497 e. The van der Waals surface area contributed by atoms with Gasteiger partial charge in [0.05, 0.1) is 25.8 Å². The van der Waals surface area contributed by atoms with Gasteiger partial charge in [0.15, 0.2) is 0 Å². The summed E-state index contributed by atoms with van der Waals surface area (Å²) in [7, 11) is 1.57. The van der Waals surface area contributed by atoms with Crippen LogP contribution < -0.4 is 4.74 Å². The molecule has 8 heteroatoms. The molecule has 0 N–H and O–H groups in total. The minimum Gasteiger partial charge on any atom is -0.497 e. The van der Waals surface area contributed by atoms with Gasteiger partial charge in [-0.15, -0.1) is 0 Å². The van der Waals surface area contributed by atoms with E-state index in [9.17, 15) is 14.4 Å². The Morgan fingerprint density at radius 1 is 1.10 bits per heavy atom. The summed E-state index contributed by atoms with van der Waals surface area (Å²) in [4.78, 5) is 43.2. The van der Waals surface area contributed by atoms with Gasteiger partial charge >= 0.3 is 0 Å². The molecule has 2 aliphatic rings. The first-order valence-corrected chi connectivity index (χ1v) is 10.1. The molecule has 1 aromatic carbocycles. The second-order valence-electron chi connectivity index (χ2n) is 7.60. The second kappa shape index (κ2) is 8.61. The van der Waals surface area contributed by atoms with Gasteiger partial charge in [0.25, 0.3) is 5.91 Å². The van der Waals surface area contributed by atoms with Gasteiger partial charge in [0, 0.05) is 44.7 Å². The zero-order chi connectivity index (χ0) is 21.1. The molecular weight excluding hydrogens is 386 g/mol. The molecule has 30 heavy (non-hydrogen) atoms. The summed E-state index contributed by atoms with van der Waals surface area (Å²) in [6.07, 6.45) is 1.80. The fourth-order valence-electron chi connectivity index (χ4n) is 4.01. The molecule has 8 nitrogen and oxygen atoms in total. The minimum atomic E-state index is -0.340. The van der Waals surface area contributed by atoms with Gasteiger partial charge in [0.2, 0.25) is 11.8 Å². The monoisotopic (exact) mass is 411 g/mol. The van der Waals surface area contributed by atoms with Gasteiger partial charge in [-0.3, -0.25) is 14.4 Å². The number of hydrogen-bond acceptors (Lipinski definition) is 5. The van der Waals surface area contributed by atoms with E-state index in [1.54, 1.807) is 58.4 Å². The molecule has 0 spiro atoms. The topological polar surface area (TPSA) is 83.3 Å². The second-order valence-corrected chi connectivity index (χ2v) is 7.60. The molecule has 2 aliphatic heterocycles. The Hall–Kier alpha value is -3.29. The number of ether oxygens (including phenoxy) is 1. The molecule has 0 saturated carbocycles. The number of carbonyl (C=O) groups is 3. The summed E-state index contributed by atoms with van der Waals surface area (Å²) in [5, 5.41) is 0. The Labute approximate surface area is 175 Å². The maximum absolute atomic E-state index is 12.9. The number of furan rings is 1. The number of amides is 3. The third kappa shape index (κ3) is 4.17. The van der Waals surface area contributed by atoms with Crippen LogP contribution in [0.25, 0.3) is 0 Å². The molecule has 3 heterocycles. The summed E-state index contributed by atoms with van der Waals surface area (Å²) in [5.41, 5.74) is 0.573. The van der Waals surface area contributed by atoms with Crippen LogP contribution in [0.1, 0.15) is 22.5 Å². The lowest BCUT2D eigenvalue weighted by molar-refractivity contribution is -0.137. The van der Waals surface area contributed by atoms with Crippen LogP contribution in [0.3, 0.4) is 0 Å². The smallest absolute Gasteiger partial charge is 0.254 e. The van der Waals surface area contributed by atoms with Crippen LogP contribution in [-0.4, -0.2) is 72.3 Å². The molecule has 1 aromatic heterocycles. The SMILES string of the molecule is COc1cccc(C(=O)N2CCN(C(=O)[C@H]3CC(=O)N(Cc4ccco4)C3)CC2)c1. The van der Waals surface area contributed by atoms with Crippen molar-refractivity contribution in [1.82, 2.24) is 14.7 Å².